The average Bonchev–Trinajstić information content (AvgIpc) is 2.72. The molecular formula is C18H31N5O8. The summed E-state index contributed by atoms with van der Waals surface area (Å²) in [6, 6.07) is -3.27. The van der Waals surface area contributed by atoms with Crippen molar-refractivity contribution >= 4 is 35.9 Å². The Morgan fingerprint density at radius 2 is 1.61 bits per heavy atom. The molecule has 0 radical (unpaired) electrons. The number of aldehydes is 1. The Kier molecular flexibility index (Phi) is 14.2. The van der Waals surface area contributed by atoms with Gasteiger partial charge in [0.1, 0.15) is 18.4 Å². The molecule has 13 nitrogen and oxygen atoms in total. The minimum absolute atomic E-state index is 0.00374. The highest BCUT2D eigenvalue weighted by Crippen LogP contribution is 2.04. The third-order valence-electron chi connectivity index (χ3n) is 4.17. The van der Waals surface area contributed by atoms with Crippen molar-refractivity contribution in [1.29, 1.82) is 0 Å². The van der Waals surface area contributed by atoms with E-state index in [1.807, 2.05) is 0 Å². The maximum Gasteiger partial charge on any atom is 0.303 e. The second-order valence-corrected chi connectivity index (χ2v) is 6.85. The van der Waals surface area contributed by atoms with Crippen molar-refractivity contribution < 1.29 is 39.0 Å². The zero-order valence-corrected chi connectivity index (χ0v) is 17.2. The fourth-order valence-corrected chi connectivity index (χ4v) is 2.40. The number of aliphatic hydroxyl groups is 1. The van der Waals surface area contributed by atoms with Crippen LogP contribution >= 0.6 is 0 Å². The van der Waals surface area contributed by atoms with Gasteiger partial charge in [-0.3, -0.25) is 24.0 Å². The average molecular weight is 445 g/mol. The maximum atomic E-state index is 12.5. The Morgan fingerprint density at radius 3 is 2.16 bits per heavy atom. The first-order valence-electron chi connectivity index (χ1n) is 9.80. The van der Waals surface area contributed by atoms with Crippen molar-refractivity contribution in [3.05, 3.63) is 0 Å². The molecule has 0 aromatic heterocycles. The van der Waals surface area contributed by atoms with Gasteiger partial charge in [-0.1, -0.05) is 0 Å². The lowest BCUT2D eigenvalue weighted by molar-refractivity contribution is -0.138. The largest absolute Gasteiger partial charge is 0.481 e. The van der Waals surface area contributed by atoms with Crippen LogP contribution < -0.4 is 27.4 Å². The molecule has 0 aromatic carbocycles. The quantitative estimate of drug-likeness (QED) is 0.0885. The second-order valence-electron chi connectivity index (χ2n) is 6.85. The molecule has 0 fully saturated rings. The lowest BCUT2D eigenvalue weighted by Crippen LogP contribution is -2.54. The predicted molar refractivity (Wildman–Crippen MR) is 107 cm³/mol. The first kappa shape index (κ1) is 27.9. The van der Waals surface area contributed by atoms with Crippen LogP contribution in [0, 0.1) is 0 Å². The number of carbonyl (C=O) groups is 6. The summed E-state index contributed by atoms with van der Waals surface area (Å²) in [6.07, 6.45) is 0.879. The van der Waals surface area contributed by atoms with Crippen molar-refractivity contribution in [1.82, 2.24) is 16.0 Å². The smallest absolute Gasteiger partial charge is 0.303 e. The highest BCUT2D eigenvalue weighted by Gasteiger charge is 2.25. The number of rotatable bonds is 17. The van der Waals surface area contributed by atoms with E-state index in [0.29, 0.717) is 19.1 Å². The lowest BCUT2D eigenvalue weighted by Gasteiger charge is -2.22. The number of aliphatic carboxylic acids is 1. The molecular weight excluding hydrogens is 414 g/mol. The number of amides is 4. The summed E-state index contributed by atoms with van der Waals surface area (Å²) in [7, 11) is 0. The normalized spacial score (nSPS) is 13.4. The van der Waals surface area contributed by atoms with Gasteiger partial charge in [-0.25, -0.2) is 0 Å². The highest BCUT2D eigenvalue weighted by atomic mass is 16.4. The van der Waals surface area contributed by atoms with Crippen LogP contribution in [0.4, 0.5) is 0 Å². The minimum atomic E-state index is -1.24. The molecule has 0 unspecified atom stereocenters. The van der Waals surface area contributed by atoms with E-state index in [-0.39, 0.29) is 38.6 Å². The molecule has 0 saturated carbocycles. The zero-order valence-electron chi connectivity index (χ0n) is 17.2. The van der Waals surface area contributed by atoms with Crippen LogP contribution in [0.1, 0.15) is 44.9 Å². The number of hydrogen-bond acceptors (Lipinski definition) is 8. The van der Waals surface area contributed by atoms with Crippen molar-refractivity contribution in [2.75, 3.05) is 13.2 Å². The van der Waals surface area contributed by atoms with Gasteiger partial charge in [0.25, 0.3) is 0 Å². The summed E-state index contributed by atoms with van der Waals surface area (Å²) < 4.78 is 0. The molecule has 176 valence electrons. The molecule has 0 rings (SSSR count). The van der Waals surface area contributed by atoms with E-state index in [9.17, 15) is 28.8 Å². The number of unbranched alkanes of at least 4 members (excludes halogenated alkanes) is 1. The Balaban J connectivity index is 4.71. The van der Waals surface area contributed by atoms with Crippen molar-refractivity contribution in [2.45, 2.75) is 63.1 Å². The molecule has 4 amide bonds. The Morgan fingerprint density at radius 1 is 0.935 bits per heavy atom. The predicted octanol–water partition coefficient (Wildman–Crippen LogP) is -3.11. The highest BCUT2D eigenvalue weighted by molar-refractivity contribution is 5.90. The molecule has 0 aliphatic carbocycles. The number of carbonyl (C=O) groups excluding carboxylic acids is 5. The van der Waals surface area contributed by atoms with Gasteiger partial charge in [0.2, 0.25) is 23.6 Å². The van der Waals surface area contributed by atoms with E-state index in [1.165, 1.54) is 0 Å². The molecule has 0 bridgehead atoms. The molecule has 0 aliphatic rings. The van der Waals surface area contributed by atoms with Crippen LogP contribution in [0.3, 0.4) is 0 Å². The molecule has 9 N–H and O–H groups in total. The maximum absolute atomic E-state index is 12.5. The van der Waals surface area contributed by atoms with Gasteiger partial charge in [0.05, 0.1) is 19.1 Å². The van der Waals surface area contributed by atoms with Crippen LogP contribution in [0.25, 0.3) is 0 Å². The molecule has 13 heteroatoms. The van der Waals surface area contributed by atoms with Gasteiger partial charge < -0.3 is 42.4 Å². The first-order chi connectivity index (χ1) is 14.6. The van der Waals surface area contributed by atoms with E-state index in [0.717, 1.165) is 0 Å². The summed E-state index contributed by atoms with van der Waals surface area (Å²) in [5.41, 5.74) is 10.5. The Labute approximate surface area is 179 Å². The van der Waals surface area contributed by atoms with Crippen LogP contribution in [-0.2, 0) is 28.8 Å². The van der Waals surface area contributed by atoms with Gasteiger partial charge in [0, 0.05) is 19.4 Å². The van der Waals surface area contributed by atoms with E-state index < -0.39 is 54.3 Å². The van der Waals surface area contributed by atoms with E-state index in [4.69, 9.17) is 21.7 Å². The molecule has 0 heterocycles. The van der Waals surface area contributed by atoms with Crippen LogP contribution in [0.15, 0.2) is 0 Å². The minimum Gasteiger partial charge on any atom is -0.481 e. The van der Waals surface area contributed by atoms with Crippen LogP contribution in [0.2, 0.25) is 0 Å². The van der Waals surface area contributed by atoms with Gasteiger partial charge in [-0.2, -0.15) is 0 Å². The van der Waals surface area contributed by atoms with E-state index in [1.54, 1.807) is 0 Å². The molecule has 0 aliphatic heterocycles. The third-order valence-corrected chi connectivity index (χ3v) is 4.17. The standard InChI is InChI=1S/C18H31N5O8/c19-12(10-25)17(30)23-13(18(31)22-11(9-24)4-5-14(20)26)3-1-2-8-21-15(27)6-7-16(28)29/h9,11-13,25H,1-8,10,19H2,(H2,20,26)(H,21,27)(H,22,31)(H,23,30)(H,28,29)/t11-,12-,13-/m0/s1. The SMILES string of the molecule is NC(=O)CC[C@@H](C=O)NC(=O)[C@H](CCCCNC(=O)CCC(=O)O)NC(=O)[C@@H](N)CO. The van der Waals surface area contributed by atoms with E-state index in [2.05, 4.69) is 16.0 Å². The Hall–Kier alpha value is -3.06. The summed E-state index contributed by atoms with van der Waals surface area (Å²) in [6.45, 7) is -0.384. The Bertz CT molecular complexity index is 642. The summed E-state index contributed by atoms with van der Waals surface area (Å²) in [5, 5.41) is 24.9. The number of carboxylic acid groups (broad SMARTS) is 1. The molecule has 3 atom stereocenters. The number of hydrogen-bond donors (Lipinski definition) is 7. The number of aliphatic hydroxyl groups excluding tert-OH is 1. The van der Waals surface area contributed by atoms with Gasteiger partial charge in [-0.15, -0.1) is 0 Å². The molecule has 0 saturated heterocycles. The fourth-order valence-electron chi connectivity index (χ4n) is 2.40. The first-order valence-corrected chi connectivity index (χ1v) is 9.80. The monoisotopic (exact) mass is 445 g/mol. The van der Waals surface area contributed by atoms with Crippen molar-refractivity contribution in [3.8, 4) is 0 Å². The third kappa shape index (κ3) is 13.7. The van der Waals surface area contributed by atoms with E-state index >= 15 is 0 Å². The molecule has 31 heavy (non-hydrogen) atoms. The van der Waals surface area contributed by atoms with Crippen LogP contribution in [-0.4, -0.2) is 77.4 Å². The number of nitrogens with one attached hydrogen (secondary N) is 3. The topological polar surface area (TPSA) is 231 Å². The molecule has 0 aromatic rings. The molecule has 0 spiro atoms. The van der Waals surface area contributed by atoms with Gasteiger partial charge in [-0.05, 0) is 25.7 Å². The van der Waals surface area contributed by atoms with Crippen molar-refractivity contribution in [2.24, 2.45) is 11.5 Å². The number of nitrogens with two attached hydrogens (primary N) is 2. The van der Waals surface area contributed by atoms with Crippen LogP contribution in [0.5, 0.6) is 0 Å². The summed E-state index contributed by atoms with van der Waals surface area (Å²) in [5.74, 6) is -3.56. The van der Waals surface area contributed by atoms with Gasteiger partial charge in [0.15, 0.2) is 0 Å². The fraction of sp³-hybridized carbons (Fsp3) is 0.667. The lowest BCUT2D eigenvalue weighted by atomic mass is 10.1. The zero-order chi connectivity index (χ0) is 23.8. The summed E-state index contributed by atoms with van der Waals surface area (Å²) in [4.78, 5) is 68.3. The second kappa shape index (κ2) is 15.7. The van der Waals surface area contributed by atoms with Crippen molar-refractivity contribution in [3.63, 3.8) is 0 Å². The number of primary amides is 1. The summed E-state index contributed by atoms with van der Waals surface area (Å²) >= 11 is 0. The van der Waals surface area contributed by atoms with Gasteiger partial charge >= 0.3 is 5.97 Å². The number of carboxylic acids is 1.